The zero-order chi connectivity index (χ0) is 17.3. The van der Waals surface area contributed by atoms with E-state index in [1.165, 1.54) is 0 Å². The van der Waals surface area contributed by atoms with Crippen LogP contribution < -0.4 is 15.4 Å². The number of nitrogens with zero attached hydrogens (tertiary/aromatic N) is 1. The fourth-order valence-electron chi connectivity index (χ4n) is 3.37. The highest BCUT2D eigenvalue weighted by Gasteiger charge is 2.30. The topological polar surface area (TPSA) is 70.7 Å². The van der Waals surface area contributed by atoms with E-state index in [1.54, 1.807) is 19.1 Å². The van der Waals surface area contributed by atoms with Crippen LogP contribution in [0.2, 0.25) is 0 Å². The minimum atomic E-state index is -0.500. The van der Waals surface area contributed by atoms with Gasteiger partial charge in [0.25, 0.3) is 5.91 Å². The van der Waals surface area contributed by atoms with Crippen molar-refractivity contribution in [3.63, 3.8) is 0 Å². The van der Waals surface area contributed by atoms with E-state index in [9.17, 15) is 9.59 Å². The first-order valence-electron chi connectivity index (χ1n) is 8.64. The number of piperidine rings is 1. The van der Waals surface area contributed by atoms with E-state index in [2.05, 4.69) is 29.4 Å². The Balaban J connectivity index is 1.73. The molecule has 1 saturated heterocycles. The Bertz CT molecular complexity index is 644. The molecular weight excluding hydrogens is 306 g/mol. The molecule has 2 aliphatic rings. The predicted octanol–water partition coefficient (Wildman–Crippen LogP) is 2.61. The summed E-state index contributed by atoms with van der Waals surface area (Å²) in [6.07, 6.45) is 2.60. The number of carbonyl (C=O) groups excluding carboxylic acids is 2. The molecule has 0 bridgehead atoms. The third-order valence-electron chi connectivity index (χ3n) is 4.69. The summed E-state index contributed by atoms with van der Waals surface area (Å²) in [5.41, 5.74) is 1.27. The van der Waals surface area contributed by atoms with Gasteiger partial charge in [0.2, 0.25) is 5.91 Å². The first-order valence-corrected chi connectivity index (χ1v) is 8.64. The third-order valence-corrected chi connectivity index (χ3v) is 4.69. The van der Waals surface area contributed by atoms with E-state index in [0.29, 0.717) is 23.2 Å². The Labute approximate surface area is 142 Å². The van der Waals surface area contributed by atoms with Crippen LogP contribution in [-0.2, 0) is 9.59 Å². The quantitative estimate of drug-likeness (QED) is 0.893. The molecule has 1 aromatic rings. The number of anilines is 2. The Hall–Kier alpha value is -2.08. The number of hydrogen-bond donors (Lipinski definition) is 2. The normalized spacial score (nSPS) is 24.1. The molecule has 0 unspecified atom stereocenters. The van der Waals surface area contributed by atoms with Crippen LogP contribution in [0.3, 0.4) is 0 Å². The zero-order valence-corrected chi connectivity index (χ0v) is 14.5. The van der Waals surface area contributed by atoms with Crippen molar-refractivity contribution in [2.75, 3.05) is 17.2 Å². The van der Waals surface area contributed by atoms with E-state index in [1.807, 2.05) is 6.07 Å². The molecule has 1 fully saturated rings. The molecule has 6 heteroatoms. The van der Waals surface area contributed by atoms with Gasteiger partial charge in [-0.2, -0.15) is 0 Å². The number of fused-ring (bicyclic) bond motifs is 1. The van der Waals surface area contributed by atoms with Crippen molar-refractivity contribution in [2.24, 2.45) is 0 Å². The van der Waals surface area contributed by atoms with Crippen molar-refractivity contribution in [3.8, 4) is 5.75 Å². The molecule has 2 amide bonds. The summed E-state index contributed by atoms with van der Waals surface area (Å²) in [6, 6.07) is 5.59. The van der Waals surface area contributed by atoms with Crippen molar-refractivity contribution in [1.82, 2.24) is 4.90 Å². The van der Waals surface area contributed by atoms with Gasteiger partial charge >= 0.3 is 0 Å². The molecule has 24 heavy (non-hydrogen) atoms. The molecule has 2 aliphatic heterocycles. The number of amides is 2. The predicted molar refractivity (Wildman–Crippen MR) is 93.3 cm³/mol. The number of benzene rings is 1. The van der Waals surface area contributed by atoms with E-state index >= 15 is 0 Å². The summed E-state index contributed by atoms with van der Waals surface area (Å²) < 4.78 is 5.54. The molecule has 3 rings (SSSR count). The van der Waals surface area contributed by atoms with Crippen LogP contribution in [0.1, 0.15) is 40.0 Å². The summed E-state index contributed by atoms with van der Waals surface area (Å²) in [4.78, 5) is 26.7. The average molecular weight is 331 g/mol. The maximum absolute atomic E-state index is 12.7. The summed E-state index contributed by atoms with van der Waals surface area (Å²) in [6.45, 7) is 6.91. The number of nitrogens with one attached hydrogen (secondary N) is 2. The van der Waals surface area contributed by atoms with Gasteiger partial charge in [0.15, 0.2) is 6.10 Å². The third kappa shape index (κ3) is 3.38. The van der Waals surface area contributed by atoms with E-state index < -0.39 is 6.10 Å². The molecule has 0 saturated carbocycles. The highest BCUT2D eigenvalue weighted by atomic mass is 16.5. The highest BCUT2D eigenvalue weighted by molar-refractivity contribution is 6.00. The van der Waals surface area contributed by atoms with Crippen molar-refractivity contribution in [3.05, 3.63) is 18.2 Å². The SMILES string of the molecule is CC(C)N1CCCC[C@H]1C(=O)Nc1ccc2c(c1)NC(=O)[C@@H](C)O2. The van der Waals surface area contributed by atoms with Crippen LogP contribution in [0.4, 0.5) is 11.4 Å². The van der Waals surface area contributed by atoms with Gasteiger partial charge in [-0.3, -0.25) is 14.5 Å². The standard InChI is InChI=1S/C18H25N3O3/c1-11(2)21-9-5-4-6-15(21)18(23)19-13-7-8-16-14(10-13)20-17(22)12(3)24-16/h7-8,10-12,15H,4-6,9H2,1-3H3,(H,19,23)(H,20,22)/t12-,15+/m1/s1. The van der Waals surface area contributed by atoms with Gasteiger partial charge in [-0.1, -0.05) is 6.42 Å². The number of hydrogen-bond acceptors (Lipinski definition) is 4. The Morgan fingerprint density at radius 3 is 2.92 bits per heavy atom. The van der Waals surface area contributed by atoms with Crippen molar-refractivity contribution >= 4 is 23.2 Å². The lowest BCUT2D eigenvalue weighted by Crippen LogP contribution is -2.50. The minimum absolute atomic E-state index is 0.0137. The van der Waals surface area contributed by atoms with Crippen LogP contribution in [-0.4, -0.2) is 41.4 Å². The van der Waals surface area contributed by atoms with E-state index in [-0.39, 0.29) is 17.9 Å². The second kappa shape index (κ2) is 6.81. The number of rotatable bonds is 3. The molecule has 2 heterocycles. The van der Waals surface area contributed by atoms with E-state index in [0.717, 1.165) is 25.8 Å². The fourth-order valence-corrected chi connectivity index (χ4v) is 3.37. The number of ether oxygens (including phenoxy) is 1. The van der Waals surface area contributed by atoms with Crippen LogP contribution in [0.5, 0.6) is 5.75 Å². The summed E-state index contributed by atoms with van der Waals surface area (Å²) in [5.74, 6) is 0.464. The molecule has 0 aliphatic carbocycles. The van der Waals surface area contributed by atoms with Gasteiger partial charge in [-0.15, -0.1) is 0 Å². The first-order chi connectivity index (χ1) is 11.5. The molecule has 130 valence electrons. The van der Waals surface area contributed by atoms with Gasteiger partial charge in [0.1, 0.15) is 5.75 Å². The van der Waals surface area contributed by atoms with Crippen LogP contribution in [0.15, 0.2) is 18.2 Å². The first kappa shape index (κ1) is 16.8. The zero-order valence-electron chi connectivity index (χ0n) is 14.5. The number of carbonyl (C=O) groups is 2. The molecule has 2 N–H and O–H groups in total. The number of likely N-dealkylation sites (tertiary alicyclic amines) is 1. The summed E-state index contributed by atoms with van der Waals surface area (Å²) >= 11 is 0. The van der Waals surface area contributed by atoms with Crippen molar-refractivity contribution < 1.29 is 14.3 Å². The molecule has 2 atom stereocenters. The van der Waals surface area contributed by atoms with E-state index in [4.69, 9.17) is 4.74 Å². The molecule has 1 aromatic carbocycles. The lowest BCUT2D eigenvalue weighted by molar-refractivity contribution is -0.123. The van der Waals surface area contributed by atoms with Crippen LogP contribution in [0.25, 0.3) is 0 Å². The molecule has 6 nitrogen and oxygen atoms in total. The van der Waals surface area contributed by atoms with Gasteiger partial charge < -0.3 is 15.4 Å². The summed E-state index contributed by atoms with van der Waals surface area (Å²) in [7, 11) is 0. The Morgan fingerprint density at radius 1 is 1.38 bits per heavy atom. The Morgan fingerprint density at radius 2 is 2.17 bits per heavy atom. The highest BCUT2D eigenvalue weighted by Crippen LogP contribution is 2.32. The maximum atomic E-state index is 12.7. The molecule has 0 radical (unpaired) electrons. The summed E-state index contributed by atoms with van der Waals surface area (Å²) in [5, 5.41) is 5.79. The van der Waals surface area contributed by atoms with Gasteiger partial charge in [0.05, 0.1) is 11.7 Å². The molecule has 0 aromatic heterocycles. The monoisotopic (exact) mass is 331 g/mol. The molecule has 0 spiro atoms. The lowest BCUT2D eigenvalue weighted by atomic mass is 9.99. The second-order valence-electron chi connectivity index (χ2n) is 6.79. The van der Waals surface area contributed by atoms with Gasteiger partial charge in [0, 0.05) is 11.7 Å². The van der Waals surface area contributed by atoms with Gasteiger partial charge in [-0.25, -0.2) is 0 Å². The van der Waals surface area contributed by atoms with Crippen LogP contribution >= 0.6 is 0 Å². The smallest absolute Gasteiger partial charge is 0.265 e. The maximum Gasteiger partial charge on any atom is 0.265 e. The van der Waals surface area contributed by atoms with Crippen molar-refractivity contribution in [1.29, 1.82) is 0 Å². The minimum Gasteiger partial charge on any atom is -0.479 e. The largest absolute Gasteiger partial charge is 0.479 e. The van der Waals surface area contributed by atoms with Crippen molar-refractivity contribution in [2.45, 2.75) is 58.2 Å². The Kier molecular flexibility index (Phi) is 4.76. The van der Waals surface area contributed by atoms with Gasteiger partial charge in [-0.05, 0) is 58.4 Å². The lowest BCUT2D eigenvalue weighted by Gasteiger charge is -2.37. The second-order valence-corrected chi connectivity index (χ2v) is 6.79. The average Bonchev–Trinajstić information content (AvgIpc) is 2.56. The molecular formula is C18H25N3O3. The fraction of sp³-hybridized carbons (Fsp3) is 0.556. The van der Waals surface area contributed by atoms with Crippen LogP contribution in [0, 0.1) is 0 Å².